The van der Waals surface area contributed by atoms with Crippen LogP contribution < -0.4 is 4.90 Å². The molecular weight excluding hydrogens is 443 g/mol. The predicted molar refractivity (Wildman–Crippen MR) is 108 cm³/mol. The Morgan fingerprint density at radius 3 is 2.69 bits per heavy atom. The number of amides is 1. The maximum Gasteiger partial charge on any atom is 0.414 e. The highest BCUT2D eigenvalue weighted by Crippen LogP contribution is 2.39. The van der Waals surface area contributed by atoms with Crippen molar-refractivity contribution >= 4 is 50.8 Å². The van der Waals surface area contributed by atoms with E-state index in [-0.39, 0.29) is 11.7 Å². The largest absolute Gasteiger partial charge is 0.443 e. The van der Waals surface area contributed by atoms with E-state index in [1.165, 1.54) is 34.6 Å². The van der Waals surface area contributed by atoms with E-state index in [0.29, 0.717) is 27.3 Å². The lowest BCUT2D eigenvalue weighted by atomic mass is 9.96. The molecule has 1 aromatic heterocycles. The minimum absolute atomic E-state index is 0.290. The summed E-state index contributed by atoms with van der Waals surface area (Å²) in [5.74, 6) is -0.656. The summed E-state index contributed by atoms with van der Waals surface area (Å²) < 4.78 is 23.7. The second kappa shape index (κ2) is 8.23. The van der Waals surface area contributed by atoms with Crippen molar-refractivity contribution in [1.82, 2.24) is 4.37 Å². The van der Waals surface area contributed by atoms with Crippen molar-refractivity contribution in [3.63, 3.8) is 0 Å². The molecule has 2 rings (SSSR count). The molecule has 0 saturated carbocycles. The number of carbonyl (C=O) groups is 1. The Morgan fingerprint density at radius 1 is 1.46 bits per heavy atom. The van der Waals surface area contributed by atoms with E-state index in [4.69, 9.17) is 16.3 Å². The number of ether oxygens (including phenoxy) is 1. The van der Waals surface area contributed by atoms with Crippen LogP contribution in [0.5, 0.6) is 0 Å². The highest BCUT2D eigenvalue weighted by atomic mass is 79.9. The van der Waals surface area contributed by atoms with Crippen LogP contribution in [0.3, 0.4) is 0 Å². The number of hydrogen-bond acceptors (Lipinski definition) is 4. The number of nitrogens with zero attached hydrogens (tertiary/aromatic N) is 2. The lowest BCUT2D eigenvalue weighted by Crippen LogP contribution is -2.35. The van der Waals surface area contributed by atoms with Gasteiger partial charge in [0.05, 0.1) is 16.3 Å². The number of benzene rings is 1. The molecule has 1 amide bonds. The lowest BCUT2D eigenvalue weighted by molar-refractivity contribution is 0.0589. The van der Waals surface area contributed by atoms with Crippen LogP contribution in [0.25, 0.3) is 0 Å². The molecule has 0 N–H and O–H groups in total. The van der Waals surface area contributed by atoms with Crippen molar-refractivity contribution in [2.75, 3.05) is 11.9 Å². The van der Waals surface area contributed by atoms with Crippen molar-refractivity contribution < 1.29 is 13.9 Å². The van der Waals surface area contributed by atoms with E-state index in [9.17, 15) is 9.18 Å². The van der Waals surface area contributed by atoms with Crippen molar-refractivity contribution in [3.05, 3.63) is 45.2 Å². The molecule has 26 heavy (non-hydrogen) atoms. The predicted octanol–water partition coefficient (Wildman–Crippen LogP) is 6.35. The number of alkyl halides is 1. The molecule has 1 aromatic carbocycles. The van der Waals surface area contributed by atoms with E-state index in [1.807, 2.05) is 27.7 Å². The molecule has 0 radical (unpaired) electrons. The first-order valence-electron chi connectivity index (χ1n) is 8.01. The van der Waals surface area contributed by atoms with Gasteiger partial charge < -0.3 is 4.74 Å². The highest BCUT2D eigenvalue weighted by molar-refractivity contribution is 9.08. The average molecular weight is 464 g/mol. The van der Waals surface area contributed by atoms with Gasteiger partial charge in [-0.2, -0.15) is 4.37 Å². The number of halogens is 3. The molecule has 0 saturated heterocycles. The van der Waals surface area contributed by atoms with Gasteiger partial charge in [-0.15, -0.1) is 0 Å². The zero-order valence-electron chi connectivity index (χ0n) is 15.3. The quantitative estimate of drug-likeness (QED) is 0.496. The van der Waals surface area contributed by atoms with Crippen molar-refractivity contribution in [3.8, 4) is 0 Å². The fourth-order valence-corrected chi connectivity index (χ4v) is 4.16. The monoisotopic (exact) mass is 462 g/mol. The fourth-order valence-electron chi connectivity index (χ4n) is 2.48. The molecule has 142 valence electrons. The first-order valence-corrected chi connectivity index (χ1v) is 10.3. The Morgan fingerprint density at radius 2 is 2.12 bits per heavy atom. The molecule has 0 aliphatic carbocycles. The van der Waals surface area contributed by atoms with E-state index < -0.39 is 11.7 Å². The van der Waals surface area contributed by atoms with Crippen LogP contribution >= 0.6 is 39.1 Å². The molecular formula is C18H21BrClFN2O2S. The van der Waals surface area contributed by atoms with Crippen LogP contribution in [0.15, 0.2) is 18.2 Å². The van der Waals surface area contributed by atoms with Gasteiger partial charge in [0.15, 0.2) is 0 Å². The molecule has 1 atom stereocenters. The summed E-state index contributed by atoms with van der Waals surface area (Å²) in [5, 5.41) is 0.995. The van der Waals surface area contributed by atoms with Crippen LogP contribution in [0.2, 0.25) is 5.02 Å². The molecule has 4 nitrogen and oxygen atoms in total. The van der Waals surface area contributed by atoms with Crippen LogP contribution in [0, 0.1) is 5.82 Å². The normalized spacial score (nSPS) is 12.8. The Balaban J connectivity index is 2.46. The molecule has 1 unspecified atom stereocenters. The second-order valence-corrected chi connectivity index (χ2v) is 8.73. The molecule has 0 spiro atoms. The van der Waals surface area contributed by atoms with E-state index >= 15 is 0 Å². The van der Waals surface area contributed by atoms with Gasteiger partial charge in [0.2, 0.25) is 0 Å². The smallest absolute Gasteiger partial charge is 0.414 e. The van der Waals surface area contributed by atoms with E-state index in [1.54, 1.807) is 7.05 Å². The Bertz CT molecular complexity index is 807. The summed E-state index contributed by atoms with van der Waals surface area (Å²) in [7, 11) is 1.65. The van der Waals surface area contributed by atoms with E-state index in [2.05, 4.69) is 20.3 Å². The van der Waals surface area contributed by atoms with Gasteiger partial charge >= 0.3 is 6.09 Å². The topological polar surface area (TPSA) is 42.4 Å². The number of carbonyl (C=O) groups excluding carboxylic acids is 1. The molecule has 2 aromatic rings. The van der Waals surface area contributed by atoms with Gasteiger partial charge in [0.25, 0.3) is 0 Å². The Labute approximate surface area is 170 Å². The maximum atomic E-state index is 13.7. The van der Waals surface area contributed by atoms with Crippen molar-refractivity contribution in [1.29, 1.82) is 0 Å². The molecule has 8 heteroatoms. The number of anilines is 1. The van der Waals surface area contributed by atoms with Crippen LogP contribution in [0.4, 0.5) is 14.9 Å². The van der Waals surface area contributed by atoms with E-state index in [0.717, 1.165) is 4.88 Å². The standard InChI is InChI=1S/C18H21BrClFN2O2S/c1-10(12-8-11(21)6-7-13(12)20)15-16(14(9-19)26-22-15)23(5)17(24)25-18(2,3)4/h6-8,10H,9H2,1-5H3. The van der Waals surface area contributed by atoms with Gasteiger partial charge in [-0.1, -0.05) is 34.5 Å². The SMILES string of the molecule is CC(c1cc(F)ccc1Cl)c1nsc(CBr)c1N(C)C(=O)OC(C)(C)C. The molecule has 0 fully saturated rings. The van der Waals surface area contributed by atoms with Gasteiger partial charge in [-0.05, 0) is 56.1 Å². The minimum atomic E-state index is -0.610. The van der Waals surface area contributed by atoms with Crippen LogP contribution in [-0.2, 0) is 10.1 Å². The van der Waals surface area contributed by atoms with Gasteiger partial charge in [0, 0.05) is 23.3 Å². The molecule has 1 heterocycles. The van der Waals surface area contributed by atoms with Gasteiger partial charge in [0.1, 0.15) is 11.4 Å². The summed E-state index contributed by atoms with van der Waals surface area (Å²) >= 11 is 11.0. The summed E-state index contributed by atoms with van der Waals surface area (Å²) in [6.45, 7) is 7.32. The second-order valence-electron chi connectivity index (χ2n) is 6.90. The number of hydrogen-bond donors (Lipinski definition) is 0. The number of aromatic nitrogens is 1. The van der Waals surface area contributed by atoms with Gasteiger partial charge in [-0.25, -0.2) is 9.18 Å². The average Bonchev–Trinajstić information content (AvgIpc) is 2.97. The molecule has 0 aliphatic heterocycles. The first kappa shape index (κ1) is 21.1. The Kier molecular flexibility index (Phi) is 6.69. The zero-order chi connectivity index (χ0) is 19.6. The van der Waals surface area contributed by atoms with Crippen molar-refractivity contribution in [2.45, 2.75) is 44.5 Å². The van der Waals surface area contributed by atoms with Crippen LogP contribution in [0.1, 0.15) is 49.7 Å². The summed E-state index contributed by atoms with van der Waals surface area (Å²) in [5.41, 5.74) is 1.33. The summed E-state index contributed by atoms with van der Waals surface area (Å²) in [4.78, 5) is 14.9. The molecule has 0 bridgehead atoms. The lowest BCUT2D eigenvalue weighted by Gasteiger charge is -2.26. The third kappa shape index (κ3) is 4.75. The van der Waals surface area contributed by atoms with Crippen LogP contribution in [-0.4, -0.2) is 23.1 Å². The zero-order valence-corrected chi connectivity index (χ0v) is 18.4. The minimum Gasteiger partial charge on any atom is -0.443 e. The summed E-state index contributed by atoms with van der Waals surface area (Å²) in [6.07, 6.45) is -0.473. The van der Waals surface area contributed by atoms with Crippen molar-refractivity contribution in [2.24, 2.45) is 0 Å². The van der Waals surface area contributed by atoms with Gasteiger partial charge in [-0.3, -0.25) is 4.90 Å². The molecule has 0 aliphatic rings. The maximum absolute atomic E-state index is 13.7. The first-order chi connectivity index (χ1) is 12.0. The summed E-state index contributed by atoms with van der Waals surface area (Å²) in [6, 6.07) is 4.24. The third-order valence-corrected chi connectivity index (χ3v) is 5.84. The fraction of sp³-hybridized carbons (Fsp3) is 0.444. The third-order valence-electron chi connectivity index (χ3n) is 3.72. The Hall–Kier alpha value is -1.18. The number of rotatable bonds is 4. The highest BCUT2D eigenvalue weighted by Gasteiger charge is 2.29.